The molecule has 0 bridgehead atoms. The highest BCUT2D eigenvalue weighted by Gasteiger charge is 2.25. The van der Waals surface area contributed by atoms with Gasteiger partial charge in [0.15, 0.2) is 5.78 Å². The summed E-state index contributed by atoms with van der Waals surface area (Å²) >= 11 is 1.69. The number of carbonyl (C=O) groups excluding carboxylic acids is 1. The first-order valence-corrected chi connectivity index (χ1v) is 9.68. The molecule has 0 N–H and O–H groups in total. The SMILES string of the molecule is Cc1csc(/C=C2/CCc3c(cnc4ccc5ccccc5c34)C2=O)c1. The van der Waals surface area contributed by atoms with Crippen LogP contribution < -0.4 is 0 Å². The smallest absolute Gasteiger partial charge is 0.190 e. The average Bonchev–Trinajstić information content (AvgIpc) is 3.08. The van der Waals surface area contributed by atoms with Gasteiger partial charge in [0.25, 0.3) is 0 Å². The maximum Gasteiger partial charge on any atom is 0.190 e. The minimum atomic E-state index is 0.125. The number of carbonyl (C=O) groups is 1. The Labute approximate surface area is 155 Å². The van der Waals surface area contributed by atoms with Gasteiger partial charge in [-0.2, -0.15) is 0 Å². The fourth-order valence-electron chi connectivity index (χ4n) is 3.87. The van der Waals surface area contributed by atoms with Crippen molar-refractivity contribution >= 4 is 44.9 Å². The van der Waals surface area contributed by atoms with Crippen molar-refractivity contribution in [2.45, 2.75) is 19.8 Å². The topological polar surface area (TPSA) is 30.0 Å². The van der Waals surface area contributed by atoms with Gasteiger partial charge in [-0.25, -0.2) is 0 Å². The van der Waals surface area contributed by atoms with Gasteiger partial charge in [-0.05, 0) is 65.3 Å². The van der Waals surface area contributed by atoms with Crippen LogP contribution in [0, 0.1) is 6.92 Å². The van der Waals surface area contributed by atoms with Crippen molar-refractivity contribution < 1.29 is 4.79 Å². The number of fused-ring (bicyclic) bond motifs is 5. The van der Waals surface area contributed by atoms with E-state index in [0.717, 1.165) is 45.3 Å². The molecule has 2 aromatic heterocycles. The summed E-state index contributed by atoms with van der Waals surface area (Å²) in [6.07, 6.45) is 5.48. The van der Waals surface area contributed by atoms with Crippen molar-refractivity contribution in [2.75, 3.05) is 0 Å². The molecule has 2 nitrogen and oxygen atoms in total. The van der Waals surface area contributed by atoms with Gasteiger partial charge in [-0.3, -0.25) is 9.78 Å². The molecular formula is C23H17NOS. The quantitative estimate of drug-likeness (QED) is 0.311. The van der Waals surface area contributed by atoms with Crippen LogP contribution in [0.5, 0.6) is 0 Å². The number of nitrogens with zero attached hydrogens (tertiary/aromatic N) is 1. The summed E-state index contributed by atoms with van der Waals surface area (Å²) < 4.78 is 0. The molecule has 126 valence electrons. The number of Topliss-reactive ketones (excluding diaryl/α,β-unsaturated/α-hetero) is 1. The zero-order chi connectivity index (χ0) is 17.7. The third-order valence-electron chi connectivity index (χ3n) is 5.11. The summed E-state index contributed by atoms with van der Waals surface area (Å²) in [6, 6.07) is 14.6. The van der Waals surface area contributed by atoms with Crippen LogP contribution in [0.25, 0.3) is 27.8 Å². The first-order chi connectivity index (χ1) is 12.7. The van der Waals surface area contributed by atoms with E-state index in [-0.39, 0.29) is 5.78 Å². The normalized spacial score (nSPS) is 15.7. The number of hydrogen-bond donors (Lipinski definition) is 0. The summed E-state index contributed by atoms with van der Waals surface area (Å²) in [5.74, 6) is 0.125. The van der Waals surface area contributed by atoms with Gasteiger partial charge in [-0.15, -0.1) is 11.3 Å². The van der Waals surface area contributed by atoms with Crippen LogP contribution in [0.3, 0.4) is 0 Å². The third kappa shape index (κ3) is 2.39. The molecule has 3 heteroatoms. The molecule has 5 rings (SSSR count). The zero-order valence-corrected chi connectivity index (χ0v) is 15.3. The Balaban J connectivity index is 1.70. The molecule has 0 fully saturated rings. The van der Waals surface area contributed by atoms with Gasteiger partial charge in [-0.1, -0.05) is 30.3 Å². The number of aromatic nitrogens is 1. The Kier molecular flexibility index (Phi) is 3.50. The maximum absolute atomic E-state index is 13.1. The lowest BCUT2D eigenvalue weighted by atomic mass is 9.84. The molecule has 0 saturated heterocycles. The van der Waals surface area contributed by atoms with Crippen LogP contribution in [0.4, 0.5) is 0 Å². The molecule has 0 amide bonds. The zero-order valence-electron chi connectivity index (χ0n) is 14.5. The summed E-state index contributed by atoms with van der Waals surface area (Å²) in [4.78, 5) is 18.8. The summed E-state index contributed by atoms with van der Waals surface area (Å²) in [6.45, 7) is 2.08. The second-order valence-electron chi connectivity index (χ2n) is 6.86. The number of hydrogen-bond acceptors (Lipinski definition) is 3. The molecule has 0 aliphatic heterocycles. The predicted octanol–water partition coefficient (Wildman–Crippen LogP) is 5.97. The number of allylic oxidation sites excluding steroid dienone is 1. The van der Waals surface area contributed by atoms with E-state index >= 15 is 0 Å². The van der Waals surface area contributed by atoms with Crippen molar-refractivity contribution in [2.24, 2.45) is 0 Å². The van der Waals surface area contributed by atoms with E-state index in [2.05, 4.69) is 59.8 Å². The lowest BCUT2D eigenvalue weighted by molar-refractivity contribution is 0.102. The molecule has 4 aromatic rings. The highest BCUT2D eigenvalue weighted by atomic mass is 32.1. The summed E-state index contributed by atoms with van der Waals surface area (Å²) in [5.41, 5.74) is 5.01. The highest BCUT2D eigenvalue weighted by Crippen LogP contribution is 2.35. The van der Waals surface area contributed by atoms with Crippen LogP contribution in [-0.4, -0.2) is 10.8 Å². The molecular weight excluding hydrogens is 338 g/mol. The number of benzene rings is 2. The van der Waals surface area contributed by atoms with Crippen LogP contribution >= 0.6 is 11.3 Å². The molecule has 2 heterocycles. The molecule has 0 spiro atoms. The first-order valence-electron chi connectivity index (χ1n) is 8.80. The van der Waals surface area contributed by atoms with Gasteiger partial charge < -0.3 is 0 Å². The lowest BCUT2D eigenvalue weighted by Crippen LogP contribution is -2.15. The van der Waals surface area contributed by atoms with Crippen molar-refractivity contribution in [3.05, 3.63) is 81.2 Å². The van der Waals surface area contributed by atoms with E-state index in [9.17, 15) is 4.79 Å². The minimum absolute atomic E-state index is 0.125. The van der Waals surface area contributed by atoms with Crippen molar-refractivity contribution in [1.82, 2.24) is 4.98 Å². The van der Waals surface area contributed by atoms with Gasteiger partial charge in [0.2, 0.25) is 0 Å². The Bertz CT molecular complexity index is 1220. The van der Waals surface area contributed by atoms with Crippen LogP contribution in [0.2, 0.25) is 0 Å². The third-order valence-corrected chi connectivity index (χ3v) is 6.11. The highest BCUT2D eigenvalue weighted by molar-refractivity contribution is 7.11. The lowest BCUT2D eigenvalue weighted by Gasteiger charge is -2.20. The monoisotopic (exact) mass is 355 g/mol. The number of thiophene rings is 1. The van der Waals surface area contributed by atoms with Crippen molar-refractivity contribution in [1.29, 1.82) is 0 Å². The Hall–Kier alpha value is -2.78. The molecule has 0 radical (unpaired) electrons. The fourth-order valence-corrected chi connectivity index (χ4v) is 4.73. The Morgan fingerprint density at radius 3 is 2.85 bits per heavy atom. The van der Waals surface area contributed by atoms with Crippen LogP contribution in [0.1, 0.15) is 32.8 Å². The Morgan fingerprint density at radius 2 is 2.00 bits per heavy atom. The second-order valence-corrected chi connectivity index (χ2v) is 7.80. The van der Waals surface area contributed by atoms with Crippen molar-refractivity contribution in [3.63, 3.8) is 0 Å². The van der Waals surface area contributed by atoms with E-state index < -0.39 is 0 Å². The van der Waals surface area contributed by atoms with Crippen LogP contribution in [-0.2, 0) is 6.42 Å². The van der Waals surface area contributed by atoms with Gasteiger partial charge >= 0.3 is 0 Å². The van der Waals surface area contributed by atoms with Crippen molar-refractivity contribution in [3.8, 4) is 0 Å². The van der Waals surface area contributed by atoms with Crippen LogP contribution in [0.15, 0.2) is 59.6 Å². The largest absolute Gasteiger partial charge is 0.289 e. The van der Waals surface area contributed by atoms with Gasteiger partial charge in [0.05, 0.1) is 5.52 Å². The maximum atomic E-state index is 13.1. The molecule has 0 saturated carbocycles. The predicted molar refractivity (Wildman–Crippen MR) is 109 cm³/mol. The summed E-state index contributed by atoms with van der Waals surface area (Å²) in [7, 11) is 0. The van der Waals surface area contributed by atoms with E-state index in [0.29, 0.717) is 0 Å². The molecule has 2 aromatic carbocycles. The number of rotatable bonds is 1. The van der Waals surface area contributed by atoms with E-state index in [1.165, 1.54) is 16.3 Å². The summed E-state index contributed by atoms with van der Waals surface area (Å²) in [5, 5.41) is 5.64. The number of pyridine rings is 1. The molecule has 0 unspecified atom stereocenters. The van der Waals surface area contributed by atoms with E-state index in [1.807, 2.05) is 6.07 Å². The standard InChI is InChI=1S/C23H17NOS/c1-14-10-17(26-13-14)11-16-6-8-19-20(23(16)25)12-24-21-9-7-15-4-2-3-5-18(15)22(19)21/h2-5,7,9-13H,6,8H2,1H3/b16-11-. The van der Waals surface area contributed by atoms with E-state index in [4.69, 9.17) is 0 Å². The molecule has 0 atom stereocenters. The fraction of sp³-hybridized carbons (Fsp3) is 0.130. The Morgan fingerprint density at radius 1 is 1.12 bits per heavy atom. The minimum Gasteiger partial charge on any atom is -0.289 e. The molecule has 26 heavy (non-hydrogen) atoms. The average molecular weight is 355 g/mol. The first kappa shape index (κ1) is 15.5. The van der Waals surface area contributed by atoms with Gasteiger partial charge in [0.1, 0.15) is 0 Å². The second kappa shape index (κ2) is 5.89. The number of aryl methyl sites for hydroxylation is 2. The number of ketones is 1. The van der Waals surface area contributed by atoms with E-state index in [1.54, 1.807) is 17.5 Å². The van der Waals surface area contributed by atoms with Gasteiger partial charge in [0, 0.05) is 27.6 Å². The molecule has 1 aliphatic carbocycles. The molecule has 1 aliphatic rings.